The Bertz CT molecular complexity index is 1200. The number of hydrogen-bond acceptors (Lipinski definition) is 6. The quantitative estimate of drug-likeness (QED) is 0.552. The summed E-state index contributed by atoms with van der Waals surface area (Å²) in [6, 6.07) is 15.5. The highest BCUT2D eigenvalue weighted by Gasteiger charge is 2.27. The van der Waals surface area contributed by atoms with E-state index in [0.29, 0.717) is 12.4 Å². The van der Waals surface area contributed by atoms with E-state index in [1.54, 1.807) is 10.9 Å². The van der Waals surface area contributed by atoms with Gasteiger partial charge in [-0.25, -0.2) is 4.68 Å². The summed E-state index contributed by atoms with van der Waals surface area (Å²) in [4.78, 5) is 19.8. The van der Waals surface area contributed by atoms with Crippen molar-refractivity contribution >= 4 is 28.3 Å². The molecule has 5 rings (SSSR count). The Morgan fingerprint density at radius 2 is 1.94 bits per heavy atom. The average molecular weight is 413 g/mol. The van der Waals surface area contributed by atoms with Gasteiger partial charge in [-0.2, -0.15) is 5.10 Å². The normalized spacial score (nSPS) is 16.4. The summed E-state index contributed by atoms with van der Waals surface area (Å²) in [5.41, 5.74) is 2.58. The highest BCUT2D eigenvalue weighted by Crippen LogP contribution is 2.26. The van der Waals surface area contributed by atoms with Crippen LogP contribution in [0.3, 0.4) is 0 Å². The Morgan fingerprint density at radius 1 is 1.10 bits per heavy atom. The van der Waals surface area contributed by atoms with Crippen LogP contribution in [-0.2, 0) is 4.79 Å². The lowest BCUT2D eigenvalue weighted by Gasteiger charge is -2.32. The van der Waals surface area contributed by atoms with Crippen LogP contribution >= 0.6 is 0 Å². The Morgan fingerprint density at radius 3 is 2.74 bits per heavy atom. The zero-order valence-electron chi connectivity index (χ0n) is 17.3. The molecule has 0 saturated carbocycles. The zero-order valence-corrected chi connectivity index (χ0v) is 17.3. The van der Waals surface area contributed by atoms with Crippen LogP contribution in [0.4, 0.5) is 11.5 Å². The first-order valence-corrected chi connectivity index (χ1v) is 10.4. The second kappa shape index (κ2) is 8.14. The van der Waals surface area contributed by atoms with E-state index in [1.165, 1.54) is 0 Å². The molecular weight excluding hydrogens is 390 g/mol. The van der Waals surface area contributed by atoms with Crippen LogP contribution < -0.4 is 10.2 Å². The van der Waals surface area contributed by atoms with Crippen LogP contribution in [0.15, 0.2) is 60.9 Å². The van der Waals surface area contributed by atoms with E-state index in [-0.39, 0.29) is 11.8 Å². The topological polar surface area (TPSA) is 88.8 Å². The predicted molar refractivity (Wildman–Crippen MR) is 119 cm³/mol. The van der Waals surface area contributed by atoms with Gasteiger partial charge in [0, 0.05) is 36.6 Å². The summed E-state index contributed by atoms with van der Waals surface area (Å²) in [6.07, 6.45) is 5.31. The number of fused-ring (bicyclic) bond motifs is 1. The first-order chi connectivity index (χ1) is 15.2. The third-order valence-corrected chi connectivity index (χ3v) is 5.59. The van der Waals surface area contributed by atoms with Crippen molar-refractivity contribution in [3.63, 3.8) is 0 Å². The number of amides is 1. The van der Waals surface area contributed by atoms with E-state index in [1.807, 2.05) is 61.7 Å². The number of carbonyl (C=O) groups excluding carboxylic acids is 1. The first-order valence-electron chi connectivity index (χ1n) is 10.4. The van der Waals surface area contributed by atoms with Crippen molar-refractivity contribution in [1.82, 2.24) is 25.0 Å². The number of aromatic nitrogens is 5. The summed E-state index contributed by atoms with van der Waals surface area (Å²) in [5, 5.41) is 16.9. The minimum absolute atomic E-state index is 0.0292. The van der Waals surface area contributed by atoms with Crippen LogP contribution in [0.2, 0.25) is 0 Å². The molecule has 3 aromatic heterocycles. The molecule has 0 radical (unpaired) electrons. The fourth-order valence-corrected chi connectivity index (χ4v) is 4.06. The zero-order chi connectivity index (χ0) is 21.2. The highest BCUT2D eigenvalue weighted by atomic mass is 16.1. The Balaban J connectivity index is 1.31. The molecule has 0 bridgehead atoms. The second-order valence-corrected chi connectivity index (χ2v) is 7.80. The van der Waals surface area contributed by atoms with Crippen LogP contribution in [0.5, 0.6) is 0 Å². The molecule has 1 saturated heterocycles. The monoisotopic (exact) mass is 413 g/mol. The van der Waals surface area contributed by atoms with Gasteiger partial charge in [0.2, 0.25) is 5.91 Å². The molecule has 1 atom stereocenters. The lowest BCUT2D eigenvalue weighted by atomic mass is 9.97. The highest BCUT2D eigenvalue weighted by molar-refractivity contribution is 6.02. The van der Waals surface area contributed by atoms with E-state index in [2.05, 4.69) is 30.5 Å². The molecule has 1 fully saturated rings. The average Bonchev–Trinajstić information content (AvgIpc) is 3.34. The van der Waals surface area contributed by atoms with Crippen molar-refractivity contribution in [2.75, 3.05) is 23.3 Å². The van der Waals surface area contributed by atoms with Crippen LogP contribution in [-0.4, -0.2) is 44.0 Å². The molecule has 8 heteroatoms. The Labute approximate surface area is 179 Å². The third kappa shape index (κ3) is 3.96. The molecule has 156 valence electrons. The van der Waals surface area contributed by atoms with Gasteiger partial charge in [0.25, 0.3) is 0 Å². The first kappa shape index (κ1) is 19.2. The van der Waals surface area contributed by atoms with E-state index in [9.17, 15) is 4.79 Å². The minimum Gasteiger partial charge on any atom is -0.354 e. The van der Waals surface area contributed by atoms with Crippen molar-refractivity contribution in [3.8, 4) is 5.82 Å². The molecule has 1 unspecified atom stereocenters. The molecule has 4 heterocycles. The molecule has 4 aromatic rings. The number of pyridine rings is 1. The summed E-state index contributed by atoms with van der Waals surface area (Å²) < 4.78 is 1.67. The number of para-hydroxylation sites is 1. The van der Waals surface area contributed by atoms with Crippen molar-refractivity contribution in [2.24, 2.45) is 5.92 Å². The number of aryl methyl sites for hydroxylation is 1. The smallest absolute Gasteiger partial charge is 0.229 e. The maximum absolute atomic E-state index is 13.1. The number of anilines is 2. The summed E-state index contributed by atoms with van der Waals surface area (Å²) in [6.45, 7) is 3.41. The van der Waals surface area contributed by atoms with Gasteiger partial charge in [0.1, 0.15) is 0 Å². The molecule has 1 amide bonds. The summed E-state index contributed by atoms with van der Waals surface area (Å²) >= 11 is 0. The number of nitrogens with zero attached hydrogens (tertiary/aromatic N) is 6. The number of rotatable bonds is 4. The predicted octanol–water partition coefficient (Wildman–Crippen LogP) is 3.37. The van der Waals surface area contributed by atoms with E-state index >= 15 is 0 Å². The lowest BCUT2D eigenvalue weighted by Crippen LogP contribution is -2.41. The van der Waals surface area contributed by atoms with Crippen LogP contribution in [0.25, 0.3) is 16.7 Å². The van der Waals surface area contributed by atoms with Crippen molar-refractivity contribution < 1.29 is 4.79 Å². The van der Waals surface area contributed by atoms with Crippen LogP contribution in [0, 0.1) is 12.8 Å². The fraction of sp³-hybridized carbons (Fsp3) is 0.261. The summed E-state index contributed by atoms with van der Waals surface area (Å²) in [7, 11) is 0. The number of piperidine rings is 1. The molecule has 0 aliphatic carbocycles. The number of hydrogen-bond donors (Lipinski definition) is 1. The molecule has 1 N–H and O–H groups in total. The van der Waals surface area contributed by atoms with Gasteiger partial charge in [-0.1, -0.05) is 18.2 Å². The van der Waals surface area contributed by atoms with E-state index in [0.717, 1.165) is 47.5 Å². The van der Waals surface area contributed by atoms with E-state index < -0.39 is 0 Å². The molecule has 1 aliphatic rings. The molecule has 1 aliphatic heterocycles. The van der Waals surface area contributed by atoms with Gasteiger partial charge in [-0.15, -0.1) is 10.2 Å². The van der Waals surface area contributed by atoms with Gasteiger partial charge in [-0.05, 0) is 50.1 Å². The Hall–Kier alpha value is -3.81. The third-order valence-electron chi connectivity index (χ3n) is 5.59. The molecule has 8 nitrogen and oxygen atoms in total. The standard InChI is InChI=1S/C23H23N7O/c1-16-14-20(18-7-2-3-8-19(18)25-16)26-23(31)17-6-4-12-29(15-17)21-9-10-22(28-27-21)30-13-5-11-24-30/h2-3,5,7-11,13-14,17H,4,6,12,15H2,1H3,(H,25,26,31). The molecule has 31 heavy (non-hydrogen) atoms. The number of nitrogens with one attached hydrogen (secondary N) is 1. The number of carbonyl (C=O) groups is 1. The summed E-state index contributed by atoms with van der Waals surface area (Å²) in [5.74, 6) is 1.36. The maximum Gasteiger partial charge on any atom is 0.229 e. The Kier molecular flexibility index (Phi) is 5.03. The largest absolute Gasteiger partial charge is 0.354 e. The molecular formula is C23H23N7O. The van der Waals surface area contributed by atoms with Crippen LogP contribution in [0.1, 0.15) is 18.5 Å². The van der Waals surface area contributed by atoms with Gasteiger partial charge in [0.15, 0.2) is 11.6 Å². The van der Waals surface area contributed by atoms with Crippen molar-refractivity contribution in [2.45, 2.75) is 19.8 Å². The maximum atomic E-state index is 13.1. The minimum atomic E-state index is -0.117. The molecule has 0 spiro atoms. The number of benzene rings is 1. The van der Waals surface area contributed by atoms with Gasteiger partial charge >= 0.3 is 0 Å². The lowest BCUT2D eigenvalue weighted by molar-refractivity contribution is -0.120. The van der Waals surface area contributed by atoms with E-state index in [4.69, 9.17) is 0 Å². The second-order valence-electron chi connectivity index (χ2n) is 7.80. The van der Waals surface area contributed by atoms with Crippen molar-refractivity contribution in [1.29, 1.82) is 0 Å². The molecule has 1 aromatic carbocycles. The van der Waals surface area contributed by atoms with Gasteiger partial charge < -0.3 is 10.2 Å². The fourth-order valence-electron chi connectivity index (χ4n) is 4.06. The SMILES string of the molecule is Cc1cc(NC(=O)C2CCCN(c3ccc(-n4cccn4)nn3)C2)c2ccccc2n1. The van der Waals surface area contributed by atoms with Crippen molar-refractivity contribution in [3.05, 3.63) is 66.6 Å². The van der Waals surface area contributed by atoms with Gasteiger partial charge in [-0.3, -0.25) is 9.78 Å². The van der Waals surface area contributed by atoms with Gasteiger partial charge in [0.05, 0.1) is 17.1 Å².